The Balaban J connectivity index is 2.47. The molecule has 0 bridgehead atoms. The smallest absolute Gasteiger partial charge is 0.0205 e. The van der Waals surface area contributed by atoms with Gasteiger partial charge in [-0.1, -0.05) is 72.7 Å². The van der Waals surface area contributed by atoms with Gasteiger partial charge in [0.25, 0.3) is 0 Å². The van der Waals surface area contributed by atoms with Gasteiger partial charge in [-0.3, -0.25) is 0 Å². The van der Waals surface area contributed by atoms with Crippen molar-refractivity contribution < 1.29 is 0 Å². The lowest BCUT2D eigenvalue weighted by Crippen LogP contribution is -2.29. The molecule has 0 heterocycles. The Kier molecular flexibility index (Phi) is 5.20. The monoisotopic (exact) mass is 261 g/mol. The normalized spacial score (nSPS) is 14.5. The van der Waals surface area contributed by atoms with Crippen molar-refractivity contribution in [3.8, 4) is 0 Å². The maximum absolute atomic E-state index is 3.57. The van der Waals surface area contributed by atoms with Crippen molar-refractivity contribution in [3.63, 3.8) is 0 Å². The van der Waals surface area contributed by atoms with Gasteiger partial charge in [0.1, 0.15) is 0 Å². The molecule has 0 saturated heterocycles. The molecule has 0 aliphatic carbocycles. The zero-order valence-electron chi connectivity index (χ0n) is 13.8. The Hall–Kier alpha value is -0.820. The molecule has 1 unspecified atom stereocenters. The number of hydrogen-bond donors (Lipinski definition) is 1. The molecule has 0 aromatic heterocycles. The van der Waals surface area contributed by atoms with E-state index >= 15 is 0 Å². The quantitative estimate of drug-likeness (QED) is 0.824. The lowest BCUT2D eigenvalue weighted by atomic mass is 9.82. The van der Waals surface area contributed by atoms with Crippen LogP contribution in [0.1, 0.15) is 59.6 Å². The van der Waals surface area contributed by atoms with Crippen LogP contribution in [-0.2, 0) is 12.0 Å². The zero-order valence-corrected chi connectivity index (χ0v) is 13.8. The first-order valence-corrected chi connectivity index (χ1v) is 7.41. The predicted octanol–water partition coefficient (Wildman–Crippen LogP) is 4.76. The van der Waals surface area contributed by atoms with Crippen LogP contribution in [0.15, 0.2) is 24.3 Å². The van der Waals surface area contributed by atoms with E-state index < -0.39 is 0 Å². The van der Waals surface area contributed by atoms with Crippen molar-refractivity contribution in [1.82, 2.24) is 5.32 Å². The summed E-state index contributed by atoms with van der Waals surface area (Å²) in [7, 11) is 0. The summed E-state index contributed by atoms with van der Waals surface area (Å²) in [6.07, 6.45) is 0. The predicted molar refractivity (Wildman–Crippen MR) is 85.5 cm³/mol. The van der Waals surface area contributed by atoms with E-state index in [4.69, 9.17) is 0 Å². The standard InChI is InChI=1S/C18H31N/c1-14(17(2,3)4)12-19-13-15-8-10-16(11-9-15)18(5,6)7/h8-11,14,19H,12-13H2,1-7H3. The van der Waals surface area contributed by atoms with Gasteiger partial charge in [0, 0.05) is 6.54 Å². The highest BCUT2D eigenvalue weighted by Gasteiger charge is 2.19. The molecule has 0 fully saturated rings. The van der Waals surface area contributed by atoms with Crippen molar-refractivity contribution in [1.29, 1.82) is 0 Å². The van der Waals surface area contributed by atoms with Crippen LogP contribution in [0.25, 0.3) is 0 Å². The summed E-state index contributed by atoms with van der Waals surface area (Å²) in [5, 5.41) is 3.57. The average Bonchev–Trinajstić information content (AvgIpc) is 2.27. The second-order valence-electron chi connectivity index (χ2n) is 7.84. The number of nitrogens with one attached hydrogen (secondary N) is 1. The summed E-state index contributed by atoms with van der Waals surface area (Å²) in [6.45, 7) is 18.0. The van der Waals surface area contributed by atoms with Gasteiger partial charge in [-0.2, -0.15) is 0 Å². The van der Waals surface area contributed by atoms with E-state index in [0.717, 1.165) is 13.1 Å². The van der Waals surface area contributed by atoms with Gasteiger partial charge < -0.3 is 5.32 Å². The van der Waals surface area contributed by atoms with Crippen molar-refractivity contribution >= 4 is 0 Å². The molecule has 19 heavy (non-hydrogen) atoms. The first-order chi connectivity index (χ1) is 8.60. The van der Waals surface area contributed by atoms with Crippen molar-refractivity contribution in [2.45, 2.75) is 60.4 Å². The molecule has 1 rings (SSSR count). The fraction of sp³-hybridized carbons (Fsp3) is 0.667. The van der Waals surface area contributed by atoms with E-state index in [1.807, 2.05) is 0 Å². The van der Waals surface area contributed by atoms with E-state index in [0.29, 0.717) is 11.3 Å². The van der Waals surface area contributed by atoms with Crippen LogP contribution >= 0.6 is 0 Å². The molecule has 0 saturated carbocycles. The highest BCUT2D eigenvalue weighted by atomic mass is 14.9. The van der Waals surface area contributed by atoms with Crippen LogP contribution in [0.3, 0.4) is 0 Å². The molecule has 108 valence electrons. The SMILES string of the molecule is CC(CNCc1ccc(C(C)(C)C)cc1)C(C)(C)C. The van der Waals surface area contributed by atoms with E-state index in [9.17, 15) is 0 Å². The van der Waals surface area contributed by atoms with E-state index in [1.54, 1.807) is 0 Å². The molecule has 1 heteroatoms. The molecule has 0 radical (unpaired) electrons. The summed E-state index contributed by atoms with van der Waals surface area (Å²) >= 11 is 0. The van der Waals surface area contributed by atoms with Crippen LogP contribution in [0.5, 0.6) is 0 Å². The number of benzene rings is 1. The summed E-state index contributed by atoms with van der Waals surface area (Å²) in [5.74, 6) is 0.682. The van der Waals surface area contributed by atoms with Crippen LogP contribution in [0.2, 0.25) is 0 Å². The molecule has 0 spiro atoms. The molecular weight excluding hydrogens is 230 g/mol. The van der Waals surface area contributed by atoms with Gasteiger partial charge in [-0.25, -0.2) is 0 Å². The van der Waals surface area contributed by atoms with Crippen LogP contribution in [-0.4, -0.2) is 6.54 Å². The van der Waals surface area contributed by atoms with Crippen molar-refractivity contribution in [2.75, 3.05) is 6.54 Å². The number of rotatable bonds is 4. The summed E-state index contributed by atoms with van der Waals surface area (Å²) in [5.41, 5.74) is 3.39. The topological polar surface area (TPSA) is 12.0 Å². The fourth-order valence-corrected chi connectivity index (χ4v) is 1.86. The first kappa shape index (κ1) is 16.2. The Morgan fingerprint density at radius 1 is 0.947 bits per heavy atom. The van der Waals surface area contributed by atoms with E-state index in [1.165, 1.54) is 11.1 Å². The lowest BCUT2D eigenvalue weighted by molar-refractivity contribution is 0.252. The third kappa shape index (κ3) is 5.36. The average molecular weight is 261 g/mol. The lowest BCUT2D eigenvalue weighted by Gasteiger charge is -2.27. The van der Waals surface area contributed by atoms with Crippen molar-refractivity contribution in [3.05, 3.63) is 35.4 Å². The minimum Gasteiger partial charge on any atom is -0.312 e. The molecule has 1 atom stereocenters. The van der Waals surface area contributed by atoms with Crippen LogP contribution in [0, 0.1) is 11.3 Å². The molecule has 1 N–H and O–H groups in total. The van der Waals surface area contributed by atoms with Gasteiger partial charge >= 0.3 is 0 Å². The summed E-state index contributed by atoms with van der Waals surface area (Å²) in [4.78, 5) is 0. The first-order valence-electron chi connectivity index (χ1n) is 7.41. The van der Waals surface area contributed by atoms with Gasteiger partial charge in [0.05, 0.1) is 0 Å². The molecule has 1 nitrogen and oxygen atoms in total. The summed E-state index contributed by atoms with van der Waals surface area (Å²) < 4.78 is 0. The maximum atomic E-state index is 3.57. The Labute approximate surface area is 119 Å². The summed E-state index contributed by atoms with van der Waals surface area (Å²) in [6, 6.07) is 9.00. The molecule has 1 aromatic carbocycles. The van der Waals surface area contributed by atoms with Gasteiger partial charge in [0.15, 0.2) is 0 Å². The van der Waals surface area contributed by atoms with Crippen molar-refractivity contribution in [2.24, 2.45) is 11.3 Å². The Morgan fingerprint density at radius 3 is 1.89 bits per heavy atom. The second kappa shape index (κ2) is 6.09. The minimum atomic E-state index is 0.243. The van der Waals surface area contributed by atoms with E-state index in [2.05, 4.69) is 78.0 Å². The van der Waals surface area contributed by atoms with E-state index in [-0.39, 0.29) is 5.41 Å². The molecule has 0 amide bonds. The Morgan fingerprint density at radius 2 is 1.47 bits per heavy atom. The maximum Gasteiger partial charge on any atom is 0.0205 e. The third-order valence-corrected chi connectivity index (χ3v) is 4.08. The molecule has 0 aliphatic rings. The van der Waals surface area contributed by atoms with Crippen LogP contribution < -0.4 is 5.32 Å². The van der Waals surface area contributed by atoms with Crippen LogP contribution in [0.4, 0.5) is 0 Å². The molecular formula is C18H31N. The fourth-order valence-electron chi connectivity index (χ4n) is 1.86. The highest BCUT2D eigenvalue weighted by Crippen LogP contribution is 2.25. The van der Waals surface area contributed by atoms with Gasteiger partial charge in [0.2, 0.25) is 0 Å². The highest BCUT2D eigenvalue weighted by molar-refractivity contribution is 5.27. The zero-order chi connectivity index (χ0) is 14.7. The van der Waals surface area contributed by atoms with Gasteiger partial charge in [-0.15, -0.1) is 0 Å². The Bertz CT molecular complexity index is 376. The molecule has 0 aliphatic heterocycles. The molecule has 1 aromatic rings. The number of hydrogen-bond acceptors (Lipinski definition) is 1. The van der Waals surface area contributed by atoms with Gasteiger partial charge in [-0.05, 0) is 34.4 Å². The minimum absolute atomic E-state index is 0.243. The largest absolute Gasteiger partial charge is 0.312 e. The third-order valence-electron chi connectivity index (χ3n) is 4.08. The second-order valence-corrected chi connectivity index (χ2v) is 7.84.